The molecule has 0 N–H and O–H groups in total. The number of nitrogens with zero attached hydrogens (tertiary/aromatic N) is 3. The lowest BCUT2D eigenvalue weighted by Gasteiger charge is -2.45. The van der Waals surface area contributed by atoms with Crippen LogP contribution in [-0.4, -0.2) is 89.6 Å². The van der Waals surface area contributed by atoms with Crippen molar-refractivity contribution >= 4 is 23.7 Å². The maximum Gasteiger partial charge on any atom is 0.309 e. The van der Waals surface area contributed by atoms with Gasteiger partial charge < -0.3 is 19.3 Å². The molecule has 10 heteroatoms. The van der Waals surface area contributed by atoms with E-state index in [4.69, 9.17) is 9.47 Å². The minimum Gasteiger partial charge on any atom is -0.466 e. The zero-order chi connectivity index (χ0) is 26.7. The maximum atomic E-state index is 13.8. The molecule has 1 spiro atoms. The van der Waals surface area contributed by atoms with Gasteiger partial charge in [-0.15, -0.1) is 0 Å². The van der Waals surface area contributed by atoms with Gasteiger partial charge in [0.2, 0.25) is 11.8 Å². The summed E-state index contributed by atoms with van der Waals surface area (Å²) in [6.07, 6.45) is 1.77. The van der Waals surface area contributed by atoms with E-state index in [0.717, 1.165) is 0 Å². The lowest BCUT2D eigenvalue weighted by molar-refractivity contribution is -0.152. The minimum absolute atomic E-state index is 0.0429. The first-order valence-corrected chi connectivity index (χ1v) is 13.1. The number of esters is 1. The molecule has 1 aromatic carbocycles. The molecule has 3 saturated heterocycles. The highest BCUT2D eigenvalue weighted by atomic mass is 19.1. The molecule has 202 valence electrons. The Bertz CT molecular complexity index is 1010. The highest BCUT2D eigenvalue weighted by Gasteiger charge is 2.55. The molecule has 0 saturated carbocycles. The number of piperidine rings is 2. The Labute approximate surface area is 216 Å². The predicted octanol–water partition coefficient (Wildman–Crippen LogP) is 2.44. The molecule has 9 nitrogen and oxygen atoms in total. The number of amides is 3. The average molecular weight is 518 g/mol. The summed E-state index contributed by atoms with van der Waals surface area (Å²) in [6.45, 7) is 7.43. The van der Waals surface area contributed by atoms with Crippen LogP contribution in [0.3, 0.4) is 0 Å². The van der Waals surface area contributed by atoms with Gasteiger partial charge in [0.05, 0.1) is 19.1 Å². The van der Waals surface area contributed by atoms with Crippen LogP contribution in [0.25, 0.3) is 0 Å². The number of hydrogen-bond donors (Lipinski definition) is 0. The molecule has 1 aromatic rings. The number of ether oxygens (including phenoxy) is 2. The minimum atomic E-state index is -1.02. The van der Waals surface area contributed by atoms with E-state index in [1.807, 2.05) is 13.8 Å². The molecular formula is C27H36FN3O6. The van der Waals surface area contributed by atoms with Gasteiger partial charge in [0.25, 0.3) is 5.91 Å². The van der Waals surface area contributed by atoms with Crippen molar-refractivity contribution in [2.75, 3.05) is 39.4 Å². The molecule has 0 aliphatic carbocycles. The number of carbonyl (C=O) groups is 4. The highest BCUT2D eigenvalue weighted by Crippen LogP contribution is 2.39. The third-order valence-corrected chi connectivity index (χ3v) is 7.63. The summed E-state index contributed by atoms with van der Waals surface area (Å²) in [4.78, 5) is 57.1. The van der Waals surface area contributed by atoms with Crippen LogP contribution in [-0.2, 0) is 23.9 Å². The summed E-state index contributed by atoms with van der Waals surface area (Å²) in [5, 5.41) is 0. The SMILES string of the molecule is CCOC(=O)C1CCN(C(=O)[C@@H]2COC3(CCN(C(=O)C(C)C)CC3)N2C(=O)c2ccc(F)cc2)CC1. The normalized spacial score (nSPS) is 22.0. The van der Waals surface area contributed by atoms with Crippen molar-refractivity contribution in [1.29, 1.82) is 0 Å². The van der Waals surface area contributed by atoms with Gasteiger partial charge in [-0.25, -0.2) is 4.39 Å². The summed E-state index contributed by atoms with van der Waals surface area (Å²) in [5.41, 5.74) is -0.756. The van der Waals surface area contributed by atoms with Crippen molar-refractivity contribution in [3.05, 3.63) is 35.6 Å². The second-order valence-electron chi connectivity index (χ2n) is 10.3. The molecular weight excluding hydrogens is 481 g/mol. The van der Waals surface area contributed by atoms with E-state index in [0.29, 0.717) is 58.5 Å². The van der Waals surface area contributed by atoms with E-state index in [1.54, 1.807) is 16.7 Å². The summed E-state index contributed by atoms with van der Waals surface area (Å²) in [6, 6.07) is 4.42. The van der Waals surface area contributed by atoms with Crippen LogP contribution in [0.2, 0.25) is 0 Å². The third kappa shape index (κ3) is 5.49. The summed E-state index contributed by atoms with van der Waals surface area (Å²) < 4.78 is 24.9. The Kier molecular flexibility index (Phi) is 8.16. The Balaban J connectivity index is 1.54. The Morgan fingerprint density at radius 3 is 2.22 bits per heavy atom. The third-order valence-electron chi connectivity index (χ3n) is 7.63. The van der Waals surface area contributed by atoms with Gasteiger partial charge in [-0.05, 0) is 44.0 Å². The molecule has 3 amide bonds. The molecule has 3 fully saturated rings. The smallest absolute Gasteiger partial charge is 0.309 e. The van der Waals surface area contributed by atoms with Crippen LogP contribution in [0.15, 0.2) is 24.3 Å². The molecule has 0 radical (unpaired) electrons. The Morgan fingerprint density at radius 1 is 1.03 bits per heavy atom. The molecule has 0 bridgehead atoms. The molecule has 3 heterocycles. The van der Waals surface area contributed by atoms with Gasteiger partial charge in [-0.1, -0.05) is 13.8 Å². The number of hydrogen-bond acceptors (Lipinski definition) is 6. The van der Waals surface area contributed by atoms with Crippen LogP contribution >= 0.6 is 0 Å². The van der Waals surface area contributed by atoms with Gasteiger partial charge >= 0.3 is 5.97 Å². The summed E-state index contributed by atoms with van der Waals surface area (Å²) in [7, 11) is 0. The molecule has 1 atom stereocenters. The van der Waals surface area contributed by atoms with E-state index in [9.17, 15) is 23.6 Å². The lowest BCUT2D eigenvalue weighted by atomic mass is 9.94. The number of likely N-dealkylation sites (tertiary alicyclic amines) is 2. The fourth-order valence-electron chi connectivity index (χ4n) is 5.54. The summed E-state index contributed by atoms with van der Waals surface area (Å²) >= 11 is 0. The van der Waals surface area contributed by atoms with Crippen LogP contribution in [0, 0.1) is 17.7 Å². The summed E-state index contributed by atoms with van der Waals surface area (Å²) in [5.74, 6) is -1.66. The molecule has 0 aromatic heterocycles. The number of rotatable bonds is 5. The fraction of sp³-hybridized carbons (Fsp3) is 0.630. The molecule has 0 unspecified atom stereocenters. The Morgan fingerprint density at radius 2 is 1.65 bits per heavy atom. The molecule has 4 rings (SSSR count). The zero-order valence-corrected chi connectivity index (χ0v) is 21.8. The first kappa shape index (κ1) is 27.0. The van der Waals surface area contributed by atoms with Crippen molar-refractivity contribution in [2.45, 2.75) is 58.2 Å². The van der Waals surface area contributed by atoms with Gasteiger partial charge in [-0.3, -0.25) is 24.1 Å². The zero-order valence-electron chi connectivity index (χ0n) is 21.8. The van der Waals surface area contributed by atoms with E-state index in [-0.39, 0.29) is 41.8 Å². The van der Waals surface area contributed by atoms with Gasteiger partial charge in [0.1, 0.15) is 17.6 Å². The largest absolute Gasteiger partial charge is 0.466 e. The Hall–Kier alpha value is -3.01. The standard InChI is InChI=1S/C27H36FN3O6/c1-4-36-26(35)20-9-13-29(14-10-20)25(34)22-17-37-27(11-15-30(16-12-27)23(32)18(2)3)31(22)24(33)19-5-7-21(28)8-6-19/h5-8,18,20,22H,4,9-17H2,1-3H3/t22-/m0/s1. The van der Waals surface area contributed by atoms with Crippen molar-refractivity contribution in [3.8, 4) is 0 Å². The van der Waals surface area contributed by atoms with E-state index in [2.05, 4.69) is 0 Å². The lowest BCUT2D eigenvalue weighted by Crippen LogP contribution is -2.60. The van der Waals surface area contributed by atoms with Gasteiger partial charge in [-0.2, -0.15) is 0 Å². The second-order valence-corrected chi connectivity index (χ2v) is 10.3. The average Bonchev–Trinajstić information content (AvgIpc) is 3.26. The van der Waals surface area contributed by atoms with E-state index in [1.165, 1.54) is 29.2 Å². The maximum absolute atomic E-state index is 13.8. The van der Waals surface area contributed by atoms with Crippen molar-refractivity contribution in [2.24, 2.45) is 11.8 Å². The first-order chi connectivity index (χ1) is 17.7. The second kappa shape index (κ2) is 11.2. The highest BCUT2D eigenvalue weighted by molar-refractivity contribution is 5.98. The molecule has 3 aliphatic heterocycles. The van der Waals surface area contributed by atoms with E-state index >= 15 is 0 Å². The fourth-order valence-corrected chi connectivity index (χ4v) is 5.54. The van der Waals surface area contributed by atoms with Crippen molar-refractivity contribution in [3.63, 3.8) is 0 Å². The monoisotopic (exact) mass is 517 g/mol. The number of carbonyl (C=O) groups excluding carboxylic acids is 4. The predicted molar refractivity (Wildman–Crippen MR) is 132 cm³/mol. The number of benzene rings is 1. The van der Waals surface area contributed by atoms with Crippen molar-refractivity contribution in [1.82, 2.24) is 14.7 Å². The quantitative estimate of drug-likeness (QED) is 0.557. The number of halogens is 1. The molecule has 37 heavy (non-hydrogen) atoms. The van der Waals surface area contributed by atoms with Crippen LogP contribution in [0.4, 0.5) is 4.39 Å². The first-order valence-electron chi connectivity index (χ1n) is 13.1. The van der Waals surface area contributed by atoms with Crippen LogP contribution < -0.4 is 0 Å². The van der Waals surface area contributed by atoms with Crippen LogP contribution in [0.1, 0.15) is 56.8 Å². The van der Waals surface area contributed by atoms with E-state index < -0.39 is 23.5 Å². The van der Waals surface area contributed by atoms with Gasteiger partial charge in [0.15, 0.2) is 0 Å². The van der Waals surface area contributed by atoms with Gasteiger partial charge in [0, 0.05) is 50.5 Å². The van der Waals surface area contributed by atoms with Crippen molar-refractivity contribution < 1.29 is 33.0 Å². The molecule has 3 aliphatic rings. The van der Waals surface area contributed by atoms with Crippen LogP contribution in [0.5, 0.6) is 0 Å². The topological polar surface area (TPSA) is 96.5 Å².